The molecule has 0 saturated heterocycles. The Labute approximate surface area is 231 Å². The minimum absolute atomic E-state index is 0.454. The van der Waals surface area contributed by atoms with Gasteiger partial charge in [0.2, 0.25) is 0 Å². The Kier molecular flexibility index (Phi) is 6.04. The Morgan fingerprint density at radius 3 is 2.13 bits per heavy atom. The van der Waals surface area contributed by atoms with Crippen LogP contribution in [0.4, 0.5) is 0 Å². The van der Waals surface area contributed by atoms with Gasteiger partial charge in [-0.15, -0.1) is 0 Å². The molecule has 6 rings (SSSR count). The van der Waals surface area contributed by atoms with Crippen LogP contribution in [0.1, 0.15) is 25.3 Å². The summed E-state index contributed by atoms with van der Waals surface area (Å²) in [7, 11) is -1.98. The van der Waals surface area contributed by atoms with Gasteiger partial charge in [0.15, 0.2) is 0 Å². The Hall–Kier alpha value is -2.95. The molecule has 1 aromatic heterocycles. The van der Waals surface area contributed by atoms with Crippen molar-refractivity contribution in [3.63, 3.8) is 0 Å². The van der Waals surface area contributed by atoms with Gasteiger partial charge in [-0.2, -0.15) is 0 Å². The molecule has 2 heterocycles. The van der Waals surface area contributed by atoms with Crippen molar-refractivity contribution in [2.75, 3.05) is 0 Å². The molecule has 0 N–H and O–H groups in total. The predicted octanol–water partition coefficient (Wildman–Crippen LogP) is 8.04. The van der Waals surface area contributed by atoms with Crippen molar-refractivity contribution in [3.05, 3.63) is 96.7 Å². The number of fused-ring (bicyclic) bond motifs is 4. The van der Waals surface area contributed by atoms with E-state index < -0.39 is 21.3 Å². The fraction of sp³-hybridized carbons (Fsp3) is 0.229. The smallest absolute Gasteiger partial charge is 0.0616 e. The van der Waals surface area contributed by atoms with Gasteiger partial charge in [-0.1, -0.05) is 38.1 Å². The van der Waals surface area contributed by atoms with E-state index in [1.807, 2.05) is 6.20 Å². The standard InChI is InChI=1S/C35H37GeNSi/c1-23(2)32-21-27(20-26-10-8-9-11-29(26)32)34-35-31(18-19-37-34)30-17-14-25(22-33(30)38(35,6)7)24-12-15-28(16-13-24)36(3,4)5/h8-23H,1-7H3. The Morgan fingerprint density at radius 1 is 0.711 bits per heavy atom. The molecule has 0 fully saturated rings. The Balaban J connectivity index is 1.49. The van der Waals surface area contributed by atoms with Gasteiger partial charge in [0.1, 0.15) is 0 Å². The molecule has 190 valence electrons. The Morgan fingerprint density at radius 2 is 1.42 bits per heavy atom. The van der Waals surface area contributed by atoms with Crippen LogP contribution < -0.4 is 14.8 Å². The van der Waals surface area contributed by atoms with Crippen molar-refractivity contribution in [2.24, 2.45) is 0 Å². The van der Waals surface area contributed by atoms with E-state index in [0.717, 1.165) is 0 Å². The van der Waals surface area contributed by atoms with Crippen LogP contribution in [0.15, 0.2) is 91.1 Å². The molecule has 0 amide bonds. The van der Waals surface area contributed by atoms with Crippen molar-refractivity contribution in [2.45, 2.75) is 50.1 Å². The summed E-state index contributed by atoms with van der Waals surface area (Å²) >= 11 is -1.82. The van der Waals surface area contributed by atoms with Gasteiger partial charge in [0, 0.05) is 0 Å². The first-order chi connectivity index (χ1) is 18.1. The van der Waals surface area contributed by atoms with Gasteiger partial charge >= 0.3 is 172 Å². The molecule has 0 atom stereocenters. The van der Waals surface area contributed by atoms with E-state index in [0.29, 0.717) is 5.92 Å². The topological polar surface area (TPSA) is 12.9 Å². The molecule has 1 aliphatic rings. The molecule has 3 heteroatoms. The van der Waals surface area contributed by atoms with Gasteiger partial charge in [-0.05, 0) is 22.3 Å². The van der Waals surface area contributed by atoms with E-state index in [9.17, 15) is 0 Å². The summed E-state index contributed by atoms with van der Waals surface area (Å²) in [6.07, 6.45) is 2.02. The third kappa shape index (κ3) is 4.10. The first kappa shape index (κ1) is 25.3. The van der Waals surface area contributed by atoms with Gasteiger partial charge in [-0.3, -0.25) is 0 Å². The van der Waals surface area contributed by atoms with Crippen molar-refractivity contribution < 1.29 is 0 Å². The zero-order valence-electron chi connectivity index (χ0n) is 23.7. The van der Waals surface area contributed by atoms with Gasteiger partial charge in [-0.25, -0.2) is 0 Å². The summed E-state index contributed by atoms with van der Waals surface area (Å²) in [6.45, 7) is 9.60. The second-order valence-electron chi connectivity index (χ2n) is 12.7. The molecule has 0 radical (unpaired) electrons. The summed E-state index contributed by atoms with van der Waals surface area (Å²) in [5, 5.41) is 5.66. The normalized spacial score (nSPS) is 14.1. The van der Waals surface area contributed by atoms with E-state index in [-0.39, 0.29) is 0 Å². The van der Waals surface area contributed by atoms with Gasteiger partial charge < -0.3 is 0 Å². The molecule has 0 unspecified atom stereocenters. The summed E-state index contributed by atoms with van der Waals surface area (Å²) in [4.78, 5) is 5.06. The molecule has 1 nitrogen and oxygen atoms in total. The van der Waals surface area contributed by atoms with Crippen LogP contribution in [-0.2, 0) is 0 Å². The molecular weight excluding hydrogens is 535 g/mol. The third-order valence-electron chi connectivity index (χ3n) is 8.43. The molecule has 0 bridgehead atoms. The average Bonchev–Trinajstić information content (AvgIpc) is 3.14. The Bertz CT molecular complexity index is 1690. The summed E-state index contributed by atoms with van der Waals surface area (Å²) in [5.74, 6) is 7.83. The number of nitrogens with zero attached hydrogens (tertiary/aromatic N) is 1. The number of hydrogen-bond donors (Lipinski definition) is 0. The van der Waals surface area contributed by atoms with Gasteiger partial charge in [0.25, 0.3) is 0 Å². The molecule has 0 spiro atoms. The van der Waals surface area contributed by atoms with Crippen LogP contribution in [0, 0.1) is 0 Å². The fourth-order valence-corrected chi connectivity index (χ4v) is 12.1. The first-order valence-corrected chi connectivity index (χ1v) is 24.2. The van der Waals surface area contributed by atoms with Crippen LogP contribution in [0.5, 0.6) is 0 Å². The minimum Gasteiger partial charge on any atom is -0.0616 e. The van der Waals surface area contributed by atoms with Crippen LogP contribution in [0.25, 0.3) is 44.3 Å². The number of aromatic nitrogens is 1. The molecule has 5 aromatic rings. The van der Waals surface area contributed by atoms with Crippen molar-refractivity contribution in [1.82, 2.24) is 4.98 Å². The second kappa shape index (κ2) is 9.07. The van der Waals surface area contributed by atoms with E-state index >= 15 is 0 Å². The average molecular weight is 572 g/mol. The van der Waals surface area contributed by atoms with Crippen molar-refractivity contribution >= 4 is 46.9 Å². The summed E-state index contributed by atoms with van der Waals surface area (Å²) in [5.41, 5.74) is 9.24. The van der Waals surface area contributed by atoms with Gasteiger partial charge in [0.05, 0.1) is 0 Å². The molecule has 0 aliphatic carbocycles. The molecule has 4 aromatic carbocycles. The monoisotopic (exact) mass is 573 g/mol. The molecular formula is C35H37GeNSi. The number of pyridine rings is 1. The molecule has 38 heavy (non-hydrogen) atoms. The van der Waals surface area contributed by atoms with E-state index in [2.05, 4.69) is 129 Å². The third-order valence-corrected chi connectivity index (χ3v) is 16.3. The fourth-order valence-electron chi connectivity index (χ4n) is 6.27. The molecule has 0 saturated carbocycles. The van der Waals surface area contributed by atoms with Crippen LogP contribution in [0.3, 0.4) is 0 Å². The number of benzene rings is 4. The summed E-state index contributed by atoms with van der Waals surface area (Å²) in [6, 6.07) is 32.4. The van der Waals surface area contributed by atoms with Crippen molar-refractivity contribution in [3.8, 4) is 33.5 Å². The SMILES string of the molecule is CC(C)c1cc(-c2nccc3c2[Si](C)(C)c2cc(-c4cc[c]([Ge]([CH3])([CH3])[CH3])cc4)ccc2-3)cc2ccccc12. The van der Waals surface area contributed by atoms with Crippen LogP contribution in [0.2, 0.25) is 30.4 Å². The quantitative estimate of drug-likeness (QED) is 0.199. The first-order valence-electron chi connectivity index (χ1n) is 13.8. The zero-order valence-corrected chi connectivity index (χ0v) is 26.8. The maximum atomic E-state index is 5.06. The number of hydrogen-bond acceptors (Lipinski definition) is 1. The van der Waals surface area contributed by atoms with E-state index in [1.165, 1.54) is 60.2 Å². The van der Waals surface area contributed by atoms with Crippen LogP contribution >= 0.6 is 0 Å². The maximum absolute atomic E-state index is 5.06. The second-order valence-corrected chi connectivity index (χ2v) is 27.7. The predicted molar refractivity (Wildman–Crippen MR) is 172 cm³/mol. The molecule has 1 aliphatic heterocycles. The van der Waals surface area contributed by atoms with E-state index in [4.69, 9.17) is 4.98 Å². The van der Waals surface area contributed by atoms with Crippen LogP contribution in [-0.4, -0.2) is 26.3 Å². The van der Waals surface area contributed by atoms with E-state index in [1.54, 1.807) is 4.40 Å². The number of rotatable bonds is 4. The zero-order chi connectivity index (χ0) is 26.8. The summed E-state index contributed by atoms with van der Waals surface area (Å²) < 4.78 is 1.56. The minimum atomic E-state index is -1.98. The van der Waals surface area contributed by atoms with Crippen molar-refractivity contribution in [1.29, 1.82) is 0 Å².